The zero-order chi connectivity index (χ0) is 13.3. The summed E-state index contributed by atoms with van der Waals surface area (Å²) in [4.78, 5) is 0. The summed E-state index contributed by atoms with van der Waals surface area (Å²) in [7, 11) is 0. The van der Waals surface area contributed by atoms with Crippen LogP contribution in [-0.2, 0) is 0 Å². The van der Waals surface area contributed by atoms with Crippen LogP contribution in [0.25, 0.3) is 0 Å². The van der Waals surface area contributed by atoms with Crippen LogP contribution in [0.2, 0.25) is 0 Å². The minimum atomic E-state index is -2.68. The van der Waals surface area contributed by atoms with E-state index in [2.05, 4.69) is 5.10 Å². The molecule has 4 N–H and O–H groups in total. The predicted molar refractivity (Wildman–Crippen MR) is 61.1 cm³/mol. The highest BCUT2D eigenvalue weighted by Crippen LogP contribution is 2.35. The van der Waals surface area contributed by atoms with Crippen molar-refractivity contribution in [1.29, 1.82) is 0 Å². The van der Waals surface area contributed by atoms with Gasteiger partial charge in [-0.1, -0.05) is 0 Å². The molecule has 5 nitrogen and oxygen atoms in total. The van der Waals surface area contributed by atoms with Crippen molar-refractivity contribution in [2.45, 2.75) is 43.8 Å². The second-order valence-corrected chi connectivity index (χ2v) is 4.86. The SMILES string of the molecule is Nc1cn(C2CCC(O)(CO)CC2)nc1C(F)F. The molecule has 0 aromatic carbocycles. The third-order valence-corrected chi connectivity index (χ3v) is 3.55. The Labute approximate surface area is 103 Å². The number of nitrogens with two attached hydrogens (primary N) is 1. The van der Waals surface area contributed by atoms with Gasteiger partial charge < -0.3 is 15.9 Å². The summed E-state index contributed by atoms with van der Waals surface area (Å²) in [6.07, 6.45) is 0.761. The first kappa shape index (κ1) is 13.2. The van der Waals surface area contributed by atoms with Crippen LogP contribution < -0.4 is 5.73 Å². The third kappa shape index (κ3) is 2.46. The molecule has 1 aliphatic carbocycles. The summed E-state index contributed by atoms with van der Waals surface area (Å²) in [5.41, 5.74) is 4.04. The number of rotatable bonds is 3. The number of aliphatic hydroxyl groups is 2. The fourth-order valence-electron chi connectivity index (χ4n) is 2.34. The molecule has 102 valence electrons. The van der Waals surface area contributed by atoms with E-state index in [4.69, 9.17) is 10.8 Å². The van der Waals surface area contributed by atoms with Crippen molar-refractivity contribution in [2.24, 2.45) is 0 Å². The Hall–Kier alpha value is -1.21. The zero-order valence-electron chi connectivity index (χ0n) is 9.89. The average molecular weight is 261 g/mol. The molecule has 1 aromatic heterocycles. The molecular formula is C11H17F2N3O2. The first-order valence-electron chi connectivity index (χ1n) is 5.91. The maximum absolute atomic E-state index is 12.6. The monoisotopic (exact) mass is 261 g/mol. The number of anilines is 1. The Morgan fingerprint density at radius 1 is 1.50 bits per heavy atom. The van der Waals surface area contributed by atoms with Crippen molar-refractivity contribution in [1.82, 2.24) is 9.78 Å². The van der Waals surface area contributed by atoms with Gasteiger partial charge in [-0.05, 0) is 25.7 Å². The lowest BCUT2D eigenvalue weighted by Crippen LogP contribution is -2.38. The van der Waals surface area contributed by atoms with Gasteiger partial charge in [0.25, 0.3) is 6.43 Å². The van der Waals surface area contributed by atoms with E-state index in [1.807, 2.05) is 0 Å². The summed E-state index contributed by atoms with van der Waals surface area (Å²) >= 11 is 0. The Bertz CT molecular complexity index is 414. The smallest absolute Gasteiger partial charge is 0.284 e. The molecule has 0 saturated heterocycles. The van der Waals surface area contributed by atoms with Gasteiger partial charge >= 0.3 is 0 Å². The molecule has 1 fully saturated rings. The van der Waals surface area contributed by atoms with Crippen LogP contribution in [-0.4, -0.2) is 32.2 Å². The highest BCUT2D eigenvalue weighted by molar-refractivity contribution is 5.41. The summed E-state index contributed by atoms with van der Waals surface area (Å²) in [5.74, 6) is 0. The van der Waals surface area contributed by atoms with Gasteiger partial charge in [-0.15, -0.1) is 0 Å². The van der Waals surface area contributed by atoms with Crippen molar-refractivity contribution >= 4 is 5.69 Å². The third-order valence-electron chi connectivity index (χ3n) is 3.55. The Kier molecular flexibility index (Phi) is 3.54. The first-order chi connectivity index (χ1) is 8.45. The van der Waals surface area contributed by atoms with Crippen LogP contribution in [0.5, 0.6) is 0 Å². The molecule has 0 amide bonds. The first-order valence-corrected chi connectivity index (χ1v) is 5.91. The largest absolute Gasteiger partial charge is 0.396 e. The quantitative estimate of drug-likeness (QED) is 0.764. The number of hydrogen-bond donors (Lipinski definition) is 3. The molecule has 1 saturated carbocycles. The van der Waals surface area contributed by atoms with Gasteiger partial charge in [0.15, 0.2) is 5.69 Å². The van der Waals surface area contributed by atoms with Crippen molar-refractivity contribution in [3.8, 4) is 0 Å². The number of alkyl halides is 2. The van der Waals surface area contributed by atoms with Gasteiger partial charge in [-0.3, -0.25) is 4.68 Å². The summed E-state index contributed by atoms with van der Waals surface area (Å²) < 4.78 is 26.6. The second-order valence-electron chi connectivity index (χ2n) is 4.86. The fourth-order valence-corrected chi connectivity index (χ4v) is 2.34. The number of aromatic nitrogens is 2. The number of nitrogens with zero attached hydrogens (tertiary/aromatic N) is 2. The predicted octanol–water partition coefficient (Wildman–Crippen LogP) is 1.24. The molecule has 1 aliphatic rings. The molecule has 1 heterocycles. The normalized spacial score (nSPS) is 28.8. The van der Waals surface area contributed by atoms with Crippen LogP contribution in [0.4, 0.5) is 14.5 Å². The van der Waals surface area contributed by atoms with Crippen LogP contribution in [0.3, 0.4) is 0 Å². The van der Waals surface area contributed by atoms with Crippen molar-refractivity contribution < 1.29 is 19.0 Å². The van der Waals surface area contributed by atoms with Crippen LogP contribution >= 0.6 is 0 Å². The minimum absolute atomic E-state index is 0.00649. The van der Waals surface area contributed by atoms with Crippen molar-refractivity contribution in [3.05, 3.63) is 11.9 Å². The standard InChI is InChI=1S/C11H17F2N3O2/c12-10(13)9-8(14)5-16(15-9)7-1-3-11(18,6-17)4-2-7/h5,7,10,17-18H,1-4,6,14H2. The van der Waals surface area contributed by atoms with Gasteiger partial charge in [0.2, 0.25) is 0 Å². The number of nitrogen functional groups attached to an aromatic ring is 1. The van der Waals surface area contributed by atoms with Crippen LogP contribution in [0, 0.1) is 0 Å². The molecule has 1 aromatic rings. The average Bonchev–Trinajstić information content (AvgIpc) is 2.72. The van der Waals surface area contributed by atoms with E-state index in [0.717, 1.165) is 0 Å². The molecule has 0 unspecified atom stereocenters. The maximum Gasteiger partial charge on any atom is 0.284 e. The van der Waals surface area contributed by atoms with E-state index < -0.39 is 17.7 Å². The molecule has 0 spiro atoms. The van der Waals surface area contributed by atoms with E-state index in [9.17, 15) is 13.9 Å². The molecule has 2 rings (SSSR count). The molecule has 0 radical (unpaired) electrons. The van der Waals surface area contributed by atoms with Gasteiger partial charge in [0, 0.05) is 6.20 Å². The summed E-state index contributed by atoms with van der Waals surface area (Å²) in [6.45, 7) is -0.275. The summed E-state index contributed by atoms with van der Waals surface area (Å²) in [5, 5.41) is 22.7. The number of halogens is 2. The second kappa shape index (κ2) is 4.81. The van der Waals surface area contributed by atoms with E-state index >= 15 is 0 Å². The fraction of sp³-hybridized carbons (Fsp3) is 0.727. The van der Waals surface area contributed by atoms with Gasteiger partial charge in [0.1, 0.15) is 0 Å². The van der Waals surface area contributed by atoms with E-state index in [0.29, 0.717) is 25.7 Å². The molecule has 7 heteroatoms. The number of hydrogen-bond acceptors (Lipinski definition) is 4. The molecule has 0 bridgehead atoms. The van der Waals surface area contributed by atoms with Crippen LogP contribution in [0.15, 0.2) is 6.20 Å². The van der Waals surface area contributed by atoms with E-state index in [1.54, 1.807) is 0 Å². The lowest BCUT2D eigenvalue weighted by molar-refractivity contribution is -0.0511. The van der Waals surface area contributed by atoms with E-state index in [-0.39, 0.29) is 18.3 Å². The molecular weight excluding hydrogens is 244 g/mol. The molecule has 18 heavy (non-hydrogen) atoms. The lowest BCUT2D eigenvalue weighted by atomic mass is 9.83. The number of aliphatic hydroxyl groups excluding tert-OH is 1. The Morgan fingerprint density at radius 2 is 2.11 bits per heavy atom. The van der Waals surface area contributed by atoms with Crippen molar-refractivity contribution in [2.75, 3.05) is 12.3 Å². The Balaban J connectivity index is 2.08. The topological polar surface area (TPSA) is 84.3 Å². The Morgan fingerprint density at radius 3 is 2.56 bits per heavy atom. The van der Waals surface area contributed by atoms with E-state index in [1.165, 1.54) is 10.9 Å². The summed E-state index contributed by atoms with van der Waals surface area (Å²) in [6, 6.07) is -0.0494. The highest BCUT2D eigenvalue weighted by Gasteiger charge is 2.34. The van der Waals surface area contributed by atoms with Crippen LogP contribution in [0.1, 0.15) is 43.8 Å². The minimum Gasteiger partial charge on any atom is -0.396 e. The molecule has 0 aliphatic heterocycles. The van der Waals surface area contributed by atoms with Crippen molar-refractivity contribution in [3.63, 3.8) is 0 Å². The van der Waals surface area contributed by atoms with Gasteiger partial charge in [0.05, 0.1) is 23.9 Å². The molecule has 0 atom stereocenters. The maximum atomic E-state index is 12.6. The van der Waals surface area contributed by atoms with Gasteiger partial charge in [-0.25, -0.2) is 8.78 Å². The highest BCUT2D eigenvalue weighted by atomic mass is 19.3. The van der Waals surface area contributed by atoms with Gasteiger partial charge in [-0.2, -0.15) is 5.10 Å². The zero-order valence-corrected chi connectivity index (χ0v) is 9.89. The lowest BCUT2D eigenvalue weighted by Gasteiger charge is -2.34.